The van der Waals surface area contributed by atoms with E-state index in [1.807, 2.05) is 0 Å². The minimum atomic E-state index is -1.13. The van der Waals surface area contributed by atoms with Gasteiger partial charge >= 0.3 is 0 Å². The van der Waals surface area contributed by atoms with Crippen molar-refractivity contribution < 1.29 is 18.7 Å². The Labute approximate surface area is 120 Å². The first-order chi connectivity index (χ1) is 10.0. The lowest BCUT2D eigenvalue weighted by Crippen LogP contribution is -2.21. The van der Waals surface area contributed by atoms with Crippen LogP contribution < -0.4 is 5.32 Å². The van der Waals surface area contributed by atoms with Crippen molar-refractivity contribution in [3.63, 3.8) is 0 Å². The number of rotatable bonds is 2. The van der Waals surface area contributed by atoms with Crippen LogP contribution in [0.5, 0.6) is 0 Å². The molecule has 0 saturated carbocycles. The maximum absolute atomic E-state index is 13.7. The number of halogens is 2. The van der Waals surface area contributed by atoms with Crippen LogP contribution in [0.1, 0.15) is 29.2 Å². The average molecular weight is 289 g/mol. The van der Waals surface area contributed by atoms with Crippen molar-refractivity contribution in [2.24, 2.45) is 0 Å². The molecule has 108 valence electrons. The molecule has 21 heavy (non-hydrogen) atoms. The monoisotopic (exact) mass is 289 g/mol. The Hall–Kier alpha value is -2.27. The second-order valence-electron chi connectivity index (χ2n) is 5.03. The minimum Gasteiger partial charge on any atom is -0.384 e. The molecule has 1 aliphatic heterocycles. The zero-order chi connectivity index (χ0) is 15.0. The van der Waals surface area contributed by atoms with E-state index in [9.17, 15) is 18.7 Å². The van der Waals surface area contributed by atoms with Crippen LogP contribution in [-0.2, 0) is 11.2 Å². The molecule has 0 aliphatic carbocycles. The van der Waals surface area contributed by atoms with Crippen LogP contribution >= 0.6 is 0 Å². The number of nitrogens with one attached hydrogen (secondary N) is 1. The zero-order valence-electron chi connectivity index (χ0n) is 11.1. The van der Waals surface area contributed by atoms with Crippen LogP contribution in [0.3, 0.4) is 0 Å². The van der Waals surface area contributed by atoms with Gasteiger partial charge in [-0.05, 0) is 41.8 Å². The fourth-order valence-corrected chi connectivity index (χ4v) is 2.53. The van der Waals surface area contributed by atoms with Gasteiger partial charge in [0.05, 0.1) is 5.69 Å². The highest BCUT2D eigenvalue weighted by molar-refractivity contribution is 5.95. The van der Waals surface area contributed by atoms with Crippen LogP contribution in [0.15, 0.2) is 36.4 Å². The Morgan fingerprint density at radius 1 is 1.05 bits per heavy atom. The van der Waals surface area contributed by atoms with Gasteiger partial charge in [-0.15, -0.1) is 0 Å². The van der Waals surface area contributed by atoms with Crippen molar-refractivity contribution >= 4 is 11.6 Å². The third-order valence-electron chi connectivity index (χ3n) is 3.58. The summed E-state index contributed by atoms with van der Waals surface area (Å²) in [6.07, 6.45) is -0.404. The van der Waals surface area contributed by atoms with Crippen LogP contribution in [-0.4, -0.2) is 11.0 Å². The van der Waals surface area contributed by atoms with Gasteiger partial charge in [0, 0.05) is 12.0 Å². The number of aliphatic hydroxyl groups is 1. The summed E-state index contributed by atoms with van der Waals surface area (Å²) in [5, 5.41) is 13.1. The predicted molar refractivity (Wildman–Crippen MR) is 73.8 cm³/mol. The molecule has 2 N–H and O–H groups in total. The number of hydrogen-bond acceptors (Lipinski definition) is 2. The van der Waals surface area contributed by atoms with Gasteiger partial charge in [0.2, 0.25) is 5.91 Å². The number of carbonyl (C=O) groups excluding carboxylic acids is 1. The Bertz CT molecular complexity index is 698. The first kappa shape index (κ1) is 13.7. The molecule has 3 nitrogen and oxygen atoms in total. The number of aryl methyl sites for hydroxylation is 1. The number of fused-ring (bicyclic) bond motifs is 1. The molecule has 1 aliphatic rings. The Kier molecular flexibility index (Phi) is 3.43. The number of amides is 1. The van der Waals surface area contributed by atoms with Crippen molar-refractivity contribution in [3.8, 4) is 0 Å². The molecule has 0 spiro atoms. The summed E-state index contributed by atoms with van der Waals surface area (Å²) in [6, 6.07) is 7.86. The third-order valence-corrected chi connectivity index (χ3v) is 3.58. The first-order valence-electron chi connectivity index (χ1n) is 6.60. The van der Waals surface area contributed by atoms with Gasteiger partial charge < -0.3 is 10.4 Å². The van der Waals surface area contributed by atoms with E-state index in [1.165, 1.54) is 36.4 Å². The number of anilines is 1. The van der Waals surface area contributed by atoms with Crippen molar-refractivity contribution in [3.05, 3.63) is 64.7 Å². The van der Waals surface area contributed by atoms with E-state index in [4.69, 9.17) is 0 Å². The van der Waals surface area contributed by atoms with E-state index in [0.29, 0.717) is 29.7 Å². The molecule has 1 atom stereocenters. The number of benzene rings is 2. The first-order valence-corrected chi connectivity index (χ1v) is 6.60. The van der Waals surface area contributed by atoms with Gasteiger partial charge in [0.25, 0.3) is 0 Å². The quantitative estimate of drug-likeness (QED) is 0.893. The summed E-state index contributed by atoms with van der Waals surface area (Å²) < 4.78 is 26.7. The summed E-state index contributed by atoms with van der Waals surface area (Å²) in [4.78, 5) is 11.5. The lowest BCUT2D eigenvalue weighted by Gasteiger charge is -2.23. The van der Waals surface area contributed by atoms with E-state index in [-0.39, 0.29) is 11.5 Å². The minimum absolute atomic E-state index is 0.165. The van der Waals surface area contributed by atoms with Crippen LogP contribution in [0.4, 0.5) is 14.5 Å². The van der Waals surface area contributed by atoms with Crippen molar-refractivity contribution in [2.45, 2.75) is 18.9 Å². The van der Waals surface area contributed by atoms with Gasteiger partial charge in [-0.25, -0.2) is 8.78 Å². The fourth-order valence-electron chi connectivity index (χ4n) is 2.53. The fraction of sp³-hybridized carbons (Fsp3) is 0.188. The number of hydrogen-bond donors (Lipinski definition) is 2. The van der Waals surface area contributed by atoms with E-state index >= 15 is 0 Å². The number of carbonyl (C=O) groups is 1. The van der Waals surface area contributed by atoms with Crippen LogP contribution in [0.25, 0.3) is 0 Å². The molecule has 1 amide bonds. The lowest BCUT2D eigenvalue weighted by molar-refractivity contribution is -0.116. The Morgan fingerprint density at radius 2 is 1.76 bits per heavy atom. The van der Waals surface area contributed by atoms with Gasteiger partial charge in [-0.3, -0.25) is 4.79 Å². The molecule has 0 fully saturated rings. The van der Waals surface area contributed by atoms with Crippen molar-refractivity contribution in [1.29, 1.82) is 0 Å². The largest absolute Gasteiger partial charge is 0.384 e. The molecule has 2 aromatic carbocycles. The van der Waals surface area contributed by atoms with Gasteiger partial charge in [0.15, 0.2) is 0 Å². The molecular weight excluding hydrogens is 276 g/mol. The smallest absolute Gasteiger partial charge is 0.224 e. The molecule has 0 saturated heterocycles. The molecule has 5 heteroatoms. The van der Waals surface area contributed by atoms with Crippen molar-refractivity contribution in [1.82, 2.24) is 0 Å². The second kappa shape index (κ2) is 5.26. The maximum Gasteiger partial charge on any atom is 0.224 e. The topological polar surface area (TPSA) is 49.3 Å². The highest BCUT2D eigenvalue weighted by Gasteiger charge is 2.23. The molecule has 0 radical (unpaired) electrons. The van der Waals surface area contributed by atoms with Gasteiger partial charge in [0.1, 0.15) is 17.7 Å². The van der Waals surface area contributed by atoms with E-state index in [2.05, 4.69) is 5.32 Å². The third kappa shape index (κ3) is 2.64. The molecule has 1 unspecified atom stereocenters. The van der Waals surface area contributed by atoms with Crippen LogP contribution in [0, 0.1) is 11.6 Å². The normalized spacial score (nSPS) is 15.3. The zero-order valence-corrected chi connectivity index (χ0v) is 11.1. The van der Waals surface area contributed by atoms with Gasteiger partial charge in [-0.2, -0.15) is 0 Å². The summed E-state index contributed by atoms with van der Waals surface area (Å²) in [5.74, 6) is -1.05. The van der Waals surface area contributed by atoms with E-state index in [0.717, 1.165) is 0 Å². The molecular formula is C16H13F2NO2. The van der Waals surface area contributed by atoms with Crippen LogP contribution in [0.2, 0.25) is 0 Å². The molecule has 1 heterocycles. The Morgan fingerprint density at radius 3 is 2.48 bits per heavy atom. The maximum atomic E-state index is 13.7. The van der Waals surface area contributed by atoms with E-state index < -0.39 is 17.7 Å². The lowest BCUT2D eigenvalue weighted by atomic mass is 9.93. The summed E-state index contributed by atoms with van der Waals surface area (Å²) in [7, 11) is 0. The SMILES string of the molecule is O=C1CCc2cc(F)cc(C(O)c3ccc(F)cc3)c2N1. The Balaban J connectivity index is 2.07. The summed E-state index contributed by atoms with van der Waals surface area (Å²) >= 11 is 0. The number of aliphatic hydroxyl groups excluding tert-OH is 1. The standard InChI is InChI=1S/C16H13F2NO2/c17-11-4-1-9(2-5-11)16(21)13-8-12(18)7-10-3-6-14(20)19-15(10)13/h1-2,4-5,7-8,16,21H,3,6H2,(H,19,20). The predicted octanol–water partition coefficient (Wildman–Crippen LogP) is 2.93. The molecule has 0 aromatic heterocycles. The highest BCUT2D eigenvalue weighted by atomic mass is 19.1. The van der Waals surface area contributed by atoms with Gasteiger partial charge in [-0.1, -0.05) is 12.1 Å². The summed E-state index contributed by atoms with van der Waals surface area (Å²) in [5.41, 5.74) is 1.82. The average Bonchev–Trinajstić information content (AvgIpc) is 2.47. The molecule has 0 bridgehead atoms. The molecule has 2 aromatic rings. The second-order valence-corrected chi connectivity index (χ2v) is 5.03. The summed E-state index contributed by atoms with van der Waals surface area (Å²) in [6.45, 7) is 0. The van der Waals surface area contributed by atoms with Crippen molar-refractivity contribution in [2.75, 3.05) is 5.32 Å². The van der Waals surface area contributed by atoms with E-state index in [1.54, 1.807) is 0 Å². The highest BCUT2D eigenvalue weighted by Crippen LogP contribution is 2.34. The molecule has 3 rings (SSSR count).